The van der Waals surface area contributed by atoms with Crippen LogP contribution in [0.3, 0.4) is 0 Å². The zero-order chi connectivity index (χ0) is 19.2. The second-order valence-electron chi connectivity index (χ2n) is 7.09. The molecule has 0 radical (unpaired) electrons. The molecule has 27 heavy (non-hydrogen) atoms. The predicted octanol–water partition coefficient (Wildman–Crippen LogP) is 2.64. The minimum Gasteiger partial charge on any atom is -0.382 e. The summed E-state index contributed by atoms with van der Waals surface area (Å²) in [6.07, 6.45) is 2.54. The molecule has 0 amide bonds. The minimum absolute atomic E-state index is 0.134. The number of hydrogen-bond donors (Lipinski definition) is 1. The molecule has 4 heteroatoms. The fraction of sp³-hybridized carbons (Fsp3) is 0.304. The van der Waals surface area contributed by atoms with Crippen molar-refractivity contribution in [2.75, 3.05) is 18.0 Å². The normalized spacial score (nSPS) is 13.1. The van der Waals surface area contributed by atoms with Crippen molar-refractivity contribution >= 4 is 17.0 Å². The summed E-state index contributed by atoms with van der Waals surface area (Å²) in [7, 11) is 0. The van der Waals surface area contributed by atoms with E-state index in [-0.39, 0.29) is 5.57 Å². The van der Waals surface area contributed by atoms with Gasteiger partial charge in [-0.2, -0.15) is 10.5 Å². The van der Waals surface area contributed by atoms with Crippen LogP contribution in [0.15, 0.2) is 48.5 Å². The van der Waals surface area contributed by atoms with E-state index in [0.717, 1.165) is 29.6 Å². The van der Waals surface area contributed by atoms with Crippen molar-refractivity contribution in [2.45, 2.75) is 32.7 Å². The summed E-state index contributed by atoms with van der Waals surface area (Å²) in [5, 5.41) is 23.3. The highest BCUT2D eigenvalue weighted by Gasteiger charge is 2.12. The number of nitrogens with one attached hydrogen (secondary N) is 1. The molecule has 4 nitrogen and oxygen atoms in total. The van der Waals surface area contributed by atoms with Crippen LogP contribution in [0.1, 0.15) is 32.3 Å². The van der Waals surface area contributed by atoms with Gasteiger partial charge in [0.05, 0.1) is 0 Å². The van der Waals surface area contributed by atoms with Crippen LogP contribution < -0.4 is 20.7 Å². The Bertz CT molecular complexity index is 959. The largest absolute Gasteiger partial charge is 0.382 e. The van der Waals surface area contributed by atoms with Crippen LogP contribution in [0, 0.1) is 22.7 Å². The number of anilines is 1. The van der Waals surface area contributed by atoms with Crippen LogP contribution in [0.4, 0.5) is 5.69 Å². The van der Waals surface area contributed by atoms with Crippen molar-refractivity contribution in [2.24, 2.45) is 0 Å². The van der Waals surface area contributed by atoms with Crippen LogP contribution in [-0.2, 0) is 0 Å². The van der Waals surface area contributed by atoms with E-state index in [1.54, 1.807) is 0 Å². The van der Waals surface area contributed by atoms with E-state index in [0.29, 0.717) is 11.3 Å². The van der Waals surface area contributed by atoms with Crippen molar-refractivity contribution in [3.8, 4) is 12.1 Å². The highest BCUT2D eigenvalue weighted by Crippen LogP contribution is 2.22. The average Bonchev–Trinajstić information content (AvgIpc) is 3.23. The van der Waals surface area contributed by atoms with Crippen molar-refractivity contribution in [1.29, 1.82) is 10.5 Å². The van der Waals surface area contributed by atoms with Crippen LogP contribution >= 0.6 is 0 Å². The lowest BCUT2D eigenvalue weighted by Gasteiger charge is -2.19. The van der Waals surface area contributed by atoms with Gasteiger partial charge in [-0.15, -0.1) is 0 Å². The van der Waals surface area contributed by atoms with Crippen molar-refractivity contribution in [1.82, 2.24) is 5.32 Å². The first-order valence-electron chi connectivity index (χ1n) is 9.39. The molecule has 1 N–H and O–H groups in total. The molecule has 0 aromatic heterocycles. The van der Waals surface area contributed by atoms with Gasteiger partial charge in [0.2, 0.25) is 0 Å². The third-order valence-electron chi connectivity index (χ3n) is 4.75. The van der Waals surface area contributed by atoms with E-state index < -0.39 is 0 Å². The molecule has 2 aromatic rings. The van der Waals surface area contributed by atoms with E-state index in [1.807, 2.05) is 36.4 Å². The summed E-state index contributed by atoms with van der Waals surface area (Å²) in [4.78, 5) is 2.43. The summed E-state index contributed by atoms with van der Waals surface area (Å²) in [6, 6.07) is 20.5. The van der Waals surface area contributed by atoms with Gasteiger partial charge in [-0.25, -0.2) is 0 Å². The van der Waals surface area contributed by atoms with Gasteiger partial charge >= 0.3 is 0 Å². The highest BCUT2D eigenvalue weighted by molar-refractivity contribution is 5.72. The molecule has 136 valence electrons. The first-order valence-corrected chi connectivity index (χ1v) is 9.39. The monoisotopic (exact) mass is 356 g/mol. The second-order valence-corrected chi connectivity index (χ2v) is 7.09. The molecule has 2 aromatic carbocycles. The molecular weight excluding hydrogens is 332 g/mol. The average molecular weight is 356 g/mol. The number of rotatable bonds is 4. The number of hydrogen-bond acceptors (Lipinski definition) is 4. The van der Waals surface area contributed by atoms with Crippen LogP contribution in [0.2, 0.25) is 0 Å². The van der Waals surface area contributed by atoms with E-state index in [1.165, 1.54) is 18.5 Å². The lowest BCUT2D eigenvalue weighted by molar-refractivity contribution is 0.715. The van der Waals surface area contributed by atoms with Gasteiger partial charge in [0.25, 0.3) is 0 Å². The fourth-order valence-corrected chi connectivity index (χ4v) is 3.39. The molecule has 1 aliphatic heterocycles. The Labute approximate surface area is 160 Å². The smallest absolute Gasteiger partial charge is 0.136 e. The maximum atomic E-state index is 9.04. The molecule has 0 bridgehead atoms. The molecule has 1 saturated heterocycles. The Hall–Kier alpha value is -3.24. The number of nitriles is 2. The van der Waals surface area contributed by atoms with Gasteiger partial charge < -0.3 is 10.2 Å². The Morgan fingerprint density at radius 2 is 1.44 bits per heavy atom. The summed E-state index contributed by atoms with van der Waals surface area (Å²) in [5.74, 6) is 0. The molecule has 3 rings (SSSR count). The SMILES string of the molecule is CC(C)NC(c1ccc(N2CCCC2)cc1)=c1ccc(=C(C#N)C#N)cc1. The van der Waals surface area contributed by atoms with Crippen molar-refractivity contribution in [3.05, 3.63) is 64.5 Å². The lowest BCUT2D eigenvalue weighted by atomic mass is 10.1. The quantitative estimate of drug-likeness (QED) is 0.915. The zero-order valence-electron chi connectivity index (χ0n) is 15.9. The molecule has 1 aliphatic rings. The third kappa shape index (κ3) is 4.30. The first-order chi connectivity index (χ1) is 13.1. The highest BCUT2D eigenvalue weighted by atomic mass is 15.1. The van der Waals surface area contributed by atoms with E-state index >= 15 is 0 Å². The van der Waals surface area contributed by atoms with Gasteiger partial charge in [-0.1, -0.05) is 36.4 Å². The minimum atomic E-state index is 0.134. The maximum Gasteiger partial charge on any atom is 0.136 e. The summed E-state index contributed by atoms with van der Waals surface area (Å²) in [5.41, 5.74) is 3.59. The van der Waals surface area contributed by atoms with E-state index in [4.69, 9.17) is 10.5 Å². The Kier molecular flexibility index (Phi) is 5.79. The molecular formula is C23H24N4. The molecule has 0 atom stereocenters. The molecule has 0 spiro atoms. The maximum absolute atomic E-state index is 9.04. The third-order valence-corrected chi connectivity index (χ3v) is 4.75. The van der Waals surface area contributed by atoms with Crippen LogP contribution in [0.5, 0.6) is 0 Å². The number of nitrogens with zero attached hydrogens (tertiary/aromatic N) is 3. The molecule has 0 aliphatic carbocycles. The molecule has 0 unspecified atom stereocenters. The molecule has 1 fully saturated rings. The van der Waals surface area contributed by atoms with Crippen molar-refractivity contribution < 1.29 is 0 Å². The molecule has 0 saturated carbocycles. The Morgan fingerprint density at radius 1 is 0.889 bits per heavy atom. The van der Waals surface area contributed by atoms with Crippen molar-refractivity contribution in [3.63, 3.8) is 0 Å². The van der Waals surface area contributed by atoms with Gasteiger partial charge in [-0.05, 0) is 49.6 Å². The molecule has 1 heterocycles. The lowest BCUT2D eigenvalue weighted by Crippen LogP contribution is -2.28. The van der Waals surface area contributed by atoms with Gasteiger partial charge in [0.15, 0.2) is 0 Å². The van der Waals surface area contributed by atoms with E-state index in [9.17, 15) is 0 Å². The van der Waals surface area contributed by atoms with E-state index in [2.05, 4.69) is 48.3 Å². The Morgan fingerprint density at radius 3 is 1.96 bits per heavy atom. The van der Waals surface area contributed by atoms with Gasteiger partial charge in [-0.3, -0.25) is 0 Å². The number of benzene rings is 2. The van der Waals surface area contributed by atoms with Gasteiger partial charge in [0, 0.05) is 35.7 Å². The summed E-state index contributed by atoms with van der Waals surface area (Å²) < 4.78 is 0. The Balaban J connectivity index is 2.04. The summed E-state index contributed by atoms with van der Waals surface area (Å²) in [6.45, 7) is 6.50. The topological polar surface area (TPSA) is 62.9 Å². The van der Waals surface area contributed by atoms with Crippen LogP contribution in [0.25, 0.3) is 11.3 Å². The van der Waals surface area contributed by atoms with Gasteiger partial charge in [0.1, 0.15) is 17.7 Å². The second kappa shape index (κ2) is 8.43. The predicted molar refractivity (Wildman–Crippen MR) is 109 cm³/mol. The zero-order valence-corrected chi connectivity index (χ0v) is 15.9. The fourth-order valence-electron chi connectivity index (χ4n) is 3.39. The van der Waals surface area contributed by atoms with Crippen LogP contribution in [-0.4, -0.2) is 19.1 Å². The summed E-state index contributed by atoms with van der Waals surface area (Å²) >= 11 is 0. The standard InChI is InChI=1S/C23H24N4/c1-17(2)26-23(19-7-5-18(6-8-19)21(15-24)16-25)20-9-11-22(12-10-20)27-13-3-4-14-27/h5-12,17,26H,3-4,13-14H2,1-2H3. The first kappa shape index (κ1) is 18.5.